The maximum Gasteiger partial charge on any atom is 0.125 e. The van der Waals surface area contributed by atoms with Crippen molar-refractivity contribution in [1.29, 1.82) is 0 Å². The third-order valence-corrected chi connectivity index (χ3v) is 3.30. The van der Waals surface area contributed by atoms with Gasteiger partial charge in [0.05, 0.1) is 15.7 Å². The predicted molar refractivity (Wildman–Crippen MR) is 82.0 cm³/mol. The highest BCUT2D eigenvalue weighted by Gasteiger charge is 2.06. The Morgan fingerprint density at radius 3 is 2.47 bits per heavy atom. The van der Waals surface area contributed by atoms with Gasteiger partial charge in [-0.15, -0.1) is 0 Å². The molecule has 0 unspecified atom stereocenters. The van der Waals surface area contributed by atoms with E-state index in [2.05, 4.69) is 5.32 Å². The molecule has 0 fully saturated rings. The van der Waals surface area contributed by atoms with Crippen LogP contribution in [0.4, 0.5) is 15.8 Å². The Labute approximate surface area is 125 Å². The molecule has 0 radical (unpaired) electrons. The normalized spacial score (nSPS) is 10.3. The lowest BCUT2D eigenvalue weighted by Crippen LogP contribution is -2.09. The molecule has 0 aliphatic carbocycles. The minimum Gasteiger partial charge on any atom is -0.389 e. The van der Waals surface area contributed by atoms with Crippen LogP contribution >= 0.6 is 35.4 Å². The first kappa shape index (κ1) is 14.1. The van der Waals surface area contributed by atoms with Gasteiger partial charge in [-0.25, -0.2) is 4.39 Å². The van der Waals surface area contributed by atoms with E-state index in [4.69, 9.17) is 41.2 Å². The van der Waals surface area contributed by atoms with Crippen molar-refractivity contribution in [1.82, 2.24) is 0 Å². The smallest absolute Gasteiger partial charge is 0.125 e. The zero-order valence-corrected chi connectivity index (χ0v) is 11.9. The number of benzene rings is 2. The fourth-order valence-electron chi connectivity index (χ4n) is 1.54. The Balaban J connectivity index is 2.31. The highest BCUT2D eigenvalue weighted by atomic mass is 35.5. The Kier molecular flexibility index (Phi) is 4.24. The first-order chi connectivity index (χ1) is 8.97. The van der Waals surface area contributed by atoms with Gasteiger partial charge in [-0.3, -0.25) is 0 Å². The zero-order chi connectivity index (χ0) is 14.0. The molecule has 0 heterocycles. The van der Waals surface area contributed by atoms with E-state index in [9.17, 15) is 4.39 Å². The second kappa shape index (κ2) is 5.74. The molecular weight excluding hydrogens is 306 g/mol. The quantitative estimate of drug-likeness (QED) is 0.819. The van der Waals surface area contributed by atoms with Gasteiger partial charge >= 0.3 is 0 Å². The number of hydrogen-bond donors (Lipinski definition) is 2. The molecule has 2 aromatic carbocycles. The van der Waals surface area contributed by atoms with Gasteiger partial charge in [0.2, 0.25) is 0 Å². The Morgan fingerprint density at radius 2 is 1.84 bits per heavy atom. The second-order valence-electron chi connectivity index (χ2n) is 3.81. The van der Waals surface area contributed by atoms with Crippen molar-refractivity contribution < 1.29 is 4.39 Å². The summed E-state index contributed by atoms with van der Waals surface area (Å²) in [6, 6.07) is 9.15. The van der Waals surface area contributed by atoms with Crippen molar-refractivity contribution in [3.8, 4) is 0 Å². The van der Waals surface area contributed by atoms with Crippen molar-refractivity contribution in [3.63, 3.8) is 0 Å². The molecule has 0 saturated heterocycles. The van der Waals surface area contributed by atoms with Gasteiger partial charge in [0, 0.05) is 11.3 Å². The van der Waals surface area contributed by atoms with Gasteiger partial charge in [0.15, 0.2) is 0 Å². The molecular formula is C13H9Cl2FN2S. The van der Waals surface area contributed by atoms with Crippen LogP contribution in [-0.2, 0) is 0 Å². The van der Waals surface area contributed by atoms with E-state index in [0.717, 1.165) is 0 Å². The van der Waals surface area contributed by atoms with Crippen molar-refractivity contribution in [3.05, 3.63) is 57.8 Å². The highest BCUT2D eigenvalue weighted by molar-refractivity contribution is 7.80. The molecule has 0 aromatic heterocycles. The number of hydrogen-bond acceptors (Lipinski definition) is 2. The Morgan fingerprint density at radius 1 is 1.11 bits per heavy atom. The SMILES string of the molecule is NC(=S)c1ccc(Nc2cc(F)ccc2Cl)cc1Cl. The summed E-state index contributed by atoms with van der Waals surface area (Å²) in [5.41, 5.74) is 7.23. The van der Waals surface area contributed by atoms with Crippen molar-refractivity contribution in [2.75, 3.05) is 5.32 Å². The molecule has 0 aliphatic rings. The zero-order valence-electron chi connectivity index (χ0n) is 9.58. The summed E-state index contributed by atoms with van der Waals surface area (Å²) in [7, 11) is 0. The van der Waals surface area contributed by atoms with Crippen LogP contribution < -0.4 is 11.1 Å². The Bertz CT molecular complexity index is 647. The van der Waals surface area contributed by atoms with E-state index >= 15 is 0 Å². The van der Waals surface area contributed by atoms with E-state index in [1.807, 2.05) is 0 Å². The summed E-state index contributed by atoms with van der Waals surface area (Å²) in [4.78, 5) is 0.223. The Hall–Kier alpha value is -1.36. The van der Waals surface area contributed by atoms with E-state index in [1.165, 1.54) is 18.2 Å². The average Bonchev–Trinajstić information content (AvgIpc) is 2.33. The van der Waals surface area contributed by atoms with Gasteiger partial charge < -0.3 is 11.1 Å². The molecule has 98 valence electrons. The van der Waals surface area contributed by atoms with Crippen molar-refractivity contribution in [2.45, 2.75) is 0 Å². The number of nitrogens with one attached hydrogen (secondary N) is 1. The van der Waals surface area contributed by atoms with Gasteiger partial charge in [0.1, 0.15) is 10.8 Å². The first-order valence-electron chi connectivity index (χ1n) is 5.29. The maximum absolute atomic E-state index is 13.1. The number of thiocarbonyl (C=S) groups is 1. The van der Waals surface area contributed by atoms with Crippen LogP contribution in [-0.4, -0.2) is 4.99 Å². The summed E-state index contributed by atoms with van der Waals surface area (Å²) in [5, 5.41) is 3.81. The molecule has 0 amide bonds. The fraction of sp³-hybridized carbons (Fsp3) is 0. The molecule has 0 atom stereocenters. The van der Waals surface area contributed by atoms with Gasteiger partial charge in [-0.05, 0) is 36.4 Å². The van der Waals surface area contributed by atoms with E-state index < -0.39 is 0 Å². The third-order valence-electron chi connectivity index (χ3n) is 2.44. The summed E-state index contributed by atoms with van der Waals surface area (Å²) < 4.78 is 13.1. The summed E-state index contributed by atoms with van der Waals surface area (Å²) in [6.45, 7) is 0. The summed E-state index contributed by atoms with van der Waals surface area (Å²) >= 11 is 16.9. The van der Waals surface area contributed by atoms with Gasteiger partial charge in [-0.2, -0.15) is 0 Å². The minimum atomic E-state index is -0.377. The third kappa shape index (κ3) is 3.35. The lowest BCUT2D eigenvalue weighted by atomic mass is 10.2. The summed E-state index contributed by atoms with van der Waals surface area (Å²) in [6.07, 6.45) is 0. The molecule has 2 aromatic rings. The molecule has 6 heteroatoms. The summed E-state index contributed by atoms with van der Waals surface area (Å²) in [5.74, 6) is -0.377. The van der Waals surface area contributed by atoms with Crippen molar-refractivity contribution in [2.24, 2.45) is 5.73 Å². The highest BCUT2D eigenvalue weighted by Crippen LogP contribution is 2.28. The van der Waals surface area contributed by atoms with Gasteiger partial charge in [0.25, 0.3) is 0 Å². The topological polar surface area (TPSA) is 38.0 Å². The predicted octanol–water partition coefficient (Wildman–Crippen LogP) is 4.51. The number of halogens is 3. The maximum atomic E-state index is 13.1. The van der Waals surface area contributed by atoms with Crippen LogP contribution in [0.5, 0.6) is 0 Å². The molecule has 3 N–H and O–H groups in total. The minimum absolute atomic E-state index is 0.223. The molecule has 2 rings (SSSR count). The number of nitrogens with two attached hydrogens (primary N) is 1. The van der Waals surface area contributed by atoms with Crippen LogP contribution in [0.3, 0.4) is 0 Å². The molecule has 19 heavy (non-hydrogen) atoms. The largest absolute Gasteiger partial charge is 0.389 e. The average molecular weight is 315 g/mol. The second-order valence-corrected chi connectivity index (χ2v) is 5.06. The standard InChI is InChI=1S/C13H9Cl2FN2S/c14-10-4-1-7(16)5-12(10)18-8-2-3-9(13(17)19)11(15)6-8/h1-6,18H,(H2,17,19). The van der Waals surface area contributed by atoms with Crippen LogP contribution in [0.15, 0.2) is 36.4 Å². The monoisotopic (exact) mass is 314 g/mol. The molecule has 2 nitrogen and oxygen atoms in total. The lowest BCUT2D eigenvalue weighted by Gasteiger charge is -2.10. The van der Waals surface area contributed by atoms with Crippen LogP contribution in [0.1, 0.15) is 5.56 Å². The van der Waals surface area contributed by atoms with Crippen molar-refractivity contribution >= 4 is 51.8 Å². The van der Waals surface area contributed by atoms with E-state index in [-0.39, 0.29) is 10.8 Å². The van der Waals surface area contributed by atoms with Crippen LogP contribution in [0, 0.1) is 5.82 Å². The van der Waals surface area contributed by atoms with Crippen LogP contribution in [0.25, 0.3) is 0 Å². The lowest BCUT2D eigenvalue weighted by molar-refractivity contribution is 0.628. The first-order valence-corrected chi connectivity index (χ1v) is 6.45. The fourth-order valence-corrected chi connectivity index (χ4v) is 2.22. The number of rotatable bonds is 3. The van der Waals surface area contributed by atoms with Crippen LogP contribution in [0.2, 0.25) is 10.0 Å². The molecule has 0 saturated carbocycles. The van der Waals surface area contributed by atoms with E-state index in [1.54, 1.807) is 18.2 Å². The van der Waals surface area contributed by atoms with Gasteiger partial charge in [-0.1, -0.05) is 35.4 Å². The molecule has 0 bridgehead atoms. The molecule has 0 spiro atoms. The van der Waals surface area contributed by atoms with E-state index in [0.29, 0.717) is 27.0 Å². The number of anilines is 2. The molecule has 0 aliphatic heterocycles.